The molecule has 0 saturated carbocycles. The SMILES string of the molecule is CCCCOC(C)NC(=O)CCC. The van der Waals surface area contributed by atoms with E-state index in [2.05, 4.69) is 12.2 Å². The second-order valence-corrected chi connectivity index (χ2v) is 3.18. The van der Waals surface area contributed by atoms with Crippen LogP contribution in [0.2, 0.25) is 0 Å². The molecule has 1 N–H and O–H groups in total. The molecule has 0 aromatic carbocycles. The first-order valence-corrected chi connectivity index (χ1v) is 5.11. The Morgan fingerprint density at radius 1 is 1.38 bits per heavy atom. The first kappa shape index (κ1) is 12.4. The quantitative estimate of drug-likeness (QED) is 0.489. The molecule has 78 valence electrons. The van der Waals surface area contributed by atoms with E-state index in [1.165, 1.54) is 0 Å². The van der Waals surface area contributed by atoms with Crippen molar-refractivity contribution in [3.63, 3.8) is 0 Å². The summed E-state index contributed by atoms with van der Waals surface area (Å²) in [4.78, 5) is 11.1. The smallest absolute Gasteiger partial charge is 0.221 e. The van der Waals surface area contributed by atoms with Crippen LogP contribution in [-0.4, -0.2) is 18.7 Å². The van der Waals surface area contributed by atoms with Crippen molar-refractivity contribution in [3.05, 3.63) is 0 Å². The highest BCUT2D eigenvalue weighted by Gasteiger charge is 2.04. The molecule has 1 atom stereocenters. The first-order chi connectivity index (χ1) is 6.20. The van der Waals surface area contributed by atoms with E-state index in [1.807, 2.05) is 13.8 Å². The molecule has 0 aromatic heterocycles. The maximum atomic E-state index is 11.1. The number of carbonyl (C=O) groups is 1. The van der Waals surface area contributed by atoms with Crippen molar-refractivity contribution < 1.29 is 9.53 Å². The van der Waals surface area contributed by atoms with E-state index in [0.717, 1.165) is 25.9 Å². The van der Waals surface area contributed by atoms with E-state index in [9.17, 15) is 4.79 Å². The van der Waals surface area contributed by atoms with Crippen molar-refractivity contribution >= 4 is 5.91 Å². The number of ether oxygens (including phenoxy) is 1. The topological polar surface area (TPSA) is 38.3 Å². The predicted molar refractivity (Wildman–Crippen MR) is 53.4 cm³/mol. The van der Waals surface area contributed by atoms with Crippen LogP contribution >= 0.6 is 0 Å². The van der Waals surface area contributed by atoms with Crippen LogP contribution < -0.4 is 5.32 Å². The number of nitrogens with one attached hydrogen (secondary N) is 1. The van der Waals surface area contributed by atoms with E-state index in [-0.39, 0.29) is 12.1 Å². The van der Waals surface area contributed by atoms with Gasteiger partial charge >= 0.3 is 0 Å². The standard InChI is InChI=1S/C10H21NO2/c1-4-6-8-13-9(3)11-10(12)7-5-2/h9H,4-8H2,1-3H3,(H,11,12). The summed E-state index contributed by atoms with van der Waals surface area (Å²) in [7, 11) is 0. The third-order valence-electron chi connectivity index (χ3n) is 1.71. The molecule has 0 spiro atoms. The summed E-state index contributed by atoms with van der Waals surface area (Å²) < 4.78 is 5.37. The number of rotatable bonds is 7. The number of carbonyl (C=O) groups excluding carboxylic acids is 1. The van der Waals surface area contributed by atoms with Crippen molar-refractivity contribution in [1.82, 2.24) is 5.32 Å². The average molecular weight is 187 g/mol. The highest BCUT2D eigenvalue weighted by atomic mass is 16.5. The molecule has 1 unspecified atom stereocenters. The minimum absolute atomic E-state index is 0.0755. The second-order valence-electron chi connectivity index (χ2n) is 3.18. The Bertz CT molecular complexity index is 137. The predicted octanol–water partition coefficient (Wildman–Crippen LogP) is 2.07. The Labute approximate surface area is 80.8 Å². The van der Waals surface area contributed by atoms with Gasteiger partial charge in [-0.15, -0.1) is 0 Å². The van der Waals surface area contributed by atoms with Crippen LogP contribution in [0.1, 0.15) is 46.5 Å². The van der Waals surface area contributed by atoms with Crippen LogP contribution in [0.25, 0.3) is 0 Å². The molecule has 3 heteroatoms. The van der Waals surface area contributed by atoms with Gasteiger partial charge in [-0.25, -0.2) is 0 Å². The Kier molecular flexibility index (Phi) is 7.69. The molecule has 0 aliphatic rings. The molecule has 1 amide bonds. The van der Waals surface area contributed by atoms with Gasteiger partial charge in [0.05, 0.1) is 0 Å². The van der Waals surface area contributed by atoms with Crippen molar-refractivity contribution in [1.29, 1.82) is 0 Å². The van der Waals surface area contributed by atoms with Crippen LogP contribution in [0.15, 0.2) is 0 Å². The molecule has 13 heavy (non-hydrogen) atoms. The van der Waals surface area contributed by atoms with Gasteiger partial charge in [0.1, 0.15) is 6.23 Å². The number of unbranched alkanes of at least 4 members (excludes halogenated alkanes) is 1. The Hall–Kier alpha value is -0.570. The van der Waals surface area contributed by atoms with Crippen LogP contribution in [0.4, 0.5) is 0 Å². The summed E-state index contributed by atoms with van der Waals surface area (Å²) in [5.41, 5.74) is 0. The van der Waals surface area contributed by atoms with Crippen molar-refractivity contribution in [2.45, 2.75) is 52.7 Å². The van der Waals surface area contributed by atoms with E-state index < -0.39 is 0 Å². The third-order valence-corrected chi connectivity index (χ3v) is 1.71. The van der Waals surface area contributed by atoms with Gasteiger partial charge in [0.2, 0.25) is 5.91 Å². The molecule has 0 saturated heterocycles. The molecule has 0 heterocycles. The lowest BCUT2D eigenvalue weighted by atomic mass is 10.3. The molecule has 3 nitrogen and oxygen atoms in total. The zero-order valence-corrected chi connectivity index (χ0v) is 8.93. The Morgan fingerprint density at radius 3 is 2.62 bits per heavy atom. The van der Waals surface area contributed by atoms with Crippen LogP contribution in [0.5, 0.6) is 0 Å². The maximum absolute atomic E-state index is 11.1. The third kappa shape index (κ3) is 7.78. The highest BCUT2D eigenvalue weighted by Crippen LogP contribution is 1.93. The van der Waals surface area contributed by atoms with E-state index in [1.54, 1.807) is 0 Å². The fourth-order valence-electron chi connectivity index (χ4n) is 0.972. The van der Waals surface area contributed by atoms with E-state index in [0.29, 0.717) is 6.42 Å². The zero-order chi connectivity index (χ0) is 10.1. The first-order valence-electron chi connectivity index (χ1n) is 5.11. The molecule has 0 aliphatic heterocycles. The highest BCUT2D eigenvalue weighted by molar-refractivity contribution is 5.75. The minimum atomic E-state index is -0.148. The molecule has 0 bridgehead atoms. The summed E-state index contributed by atoms with van der Waals surface area (Å²) in [6, 6.07) is 0. The van der Waals surface area contributed by atoms with Gasteiger partial charge in [0.25, 0.3) is 0 Å². The molecule has 0 aromatic rings. The van der Waals surface area contributed by atoms with Crippen LogP contribution in [0.3, 0.4) is 0 Å². The summed E-state index contributed by atoms with van der Waals surface area (Å²) in [6.45, 7) is 6.69. The van der Waals surface area contributed by atoms with Gasteiger partial charge in [0, 0.05) is 13.0 Å². The monoisotopic (exact) mass is 187 g/mol. The van der Waals surface area contributed by atoms with Gasteiger partial charge in [-0.05, 0) is 19.8 Å². The van der Waals surface area contributed by atoms with Crippen LogP contribution in [0, 0.1) is 0 Å². The van der Waals surface area contributed by atoms with E-state index in [4.69, 9.17) is 4.74 Å². The lowest BCUT2D eigenvalue weighted by Gasteiger charge is -2.14. The van der Waals surface area contributed by atoms with Gasteiger partial charge in [-0.3, -0.25) is 4.79 Å². The summed E-state index contributed by atoms with van der Waals surface area (Å²) in [5.74, 6) is 0.0755. The molecule has 0 fully saturated rings. The maximum Gasteiger partial charge on any atom is 0.221 e. The zero-order valence-electron chi connectivity index (χ0n) is 8.93. The molecule has 0 aliphatic carbocycles. The summed E-state index contributed by atoms with van der Waals surface area (Å²) in [5, 5.41) is 2.78. The molecular formula is C10H21NO2. The van der Waals surface area contributed by atoms with Crippen molar-refractivity contribution in [3.8, 4) is 0 Å². The Morgan fingerprint density at radius 2 is 2.08 bits per heavy atom. The molecular weight excluding hydrogens is 166 g/mol. The van der Waals surface area contributed by atoms with Crippen molar-refractivity contribution in [2.24, 2.45) is 0 Å². The van der Waals surface area contributed by atoms with Gasteiger partial charge in [-0.2, -0.15) is 0 Å². The fourth-order valence-corrected chi connectivity index (χ4v) is 0.972. The normalized spacial score (nSPS) is 12.5. The number of amides is 1. The minimum Gasteiger partial charge on any atom is -0.359 e. The van der Waals surface area contributed by atoms with Gasteiger partial charge in [-0.1, -0.05) is 20.3 Å². The lowest BCUT2D eigenvalue weighted by molar-refractivity contribution is -0.125. The number of hydrogen-bond acceptors (Lipinski definition) is 2. The van der Waals surface area contributed by atoms with Crippen molar-refractivity contribution in [2.75, 3.05) is 6.61 Å². The van der Waals surface area contributed by atoms with E-state index >= 15 is 0 Å². The largest absolute Gasteiger partial charge is 0.359 e. The summed E-state index contributed by atoms with van der Waals surface area (Å²) >= 11 is 0. The number of hydrogen-bond donors (Lipinski definition) is 1. The molecule has 0 rings (SSSR count). The van der Waals surface area contributed by atoms with Gasteiger partial charge < -0.3 is 10.1 Å². The lowest BCUT2D eigenvalue weighted by Crippen LogP contribution is -2.34. The van der Waals surface area contributed by atoms with Crippen LogP contribution in [-0.2, 0) is 9.53 Å². The average Bonchev–Trinajstić information content (AvgIpc) is 2.05. The van der Waals surface area contributed by atoms with Gasteiger partial charge in [0.15, 0.2) is 0 Å². The summed E-state index contributed by atoms with van der Waals surface area (Å²) in [6.07, 6.45) is 3.49. The second kappa shape index (κ2) is 8.05. The fraction of sp³-hybridized carbons (Fsp3) is 0.900. The Balaban J connectivity index is 3.38. The molecule has 0 radical (unpaired) electrons.